The van der Waals surface area contributed by atoms with Gasteiger partial charge in [0.2, 0.25) is 5.88 Å². The van der Waals surface area contributed by atoms with Crippen LogP contribution in [0.4, 0.5) is 5.88 Å². The maximum atomic E-state index is 12.6. The van der Waals surface area contributed by atoms with E-state index in [0.29, 0.717) is 22.5 Å². The number of esters is 1. The molecule has 8 nitrogen and oxygen atoms in total. The van der Waals surface area contributed by atoms with Crippen molar-refractivity contribution in [2.45, 2.75) is 39.5 Å². The van der Waals surface area contributed by atoms with Crippen LogP contribution in [0.1, 0.15) is 39.9 Å². The molecule has 2 aromatic heterocycles. The van der Waals surface area contributed by atoms with Crippen LogP contribution in [0.25, 0.3) is 0 Å². The van der Waals surface area contributed by atoms with Gasteiger partial charge in [0.25, 0.3) is 10.0 Å². The molecule has 126 valence electrons. The van der Waals surface area contributed by atoms with Gasteiger partial charge in [-0.25, -0.2) is 17.9 Å². The van der Waals surface area contributed by atoms with Crippen molar-refractivity contribution in [2.24, 2.45) is 0 Å². The van der Waals surface area contributed by atoms with E-state index < -0.39 is 16.0 Å². The van der Waals surface area contributed by atoms with Crippen LogP contribution in [0, 0.1) is 27.7 Å². The Morgan fingerprint density at radius 3 is 2.43 bits per heavy atom. The van der Waals surface area contributed by atoms with Crippen LogP contribution in [0.2, 0.25) is 0 Å². The normalized spacial score (nSPS) is 11.5. The number of rotatable bonds is 5. The number of carbonyl (C=O) groups is 1. The number of ether oxygens (including phenoxy) is 1. The van der Waals surface area contributed by atoms with Crippen LogP contribution in [-0.4, -0.2) is 31.1 Å². The molecule has 0 saturated carbocycles. The molecule has 0 radical (unpaired) electrons. The number of hydrogen-bond acceptors (Lipinski definition) is 6. The summed E-state index contributed by atoms with van der Waals surface area (Å²) >= 11 is 0. The third kappa shape index (κ3) is 3.09. The zero-order valence-corrected chi connectivity index (χ0v) is 14.4. The summed E-state index contributed by atoms with van der Waals surface area (Å²) in [7, 11) is -3.93. The first kappa shape index (κ1) is 17.1. The minimum Gasteiger partial charge on any atom is -0.461 e. The van der Waals surface area contributed by atoms with Gasteiger partial charge in [0.1, 0.15) is 10.6 Å². The van der Waals surface area contributed by atoms with E-state index in [9.17, 15) is 13.2 Å². The number of H-pyrrole nitrogens is 1. The average molecular weight is 341 g/mol. The summed E-state index contributed by atoms with van der Waals surface area (Å²) in [6.45, 7) is 8.41. The van der Waals surface area contributed by atoms with Crippen molar-refractivity contribution in [1.82, 2.24) is 10.1 Å². The Balaban J connectivity index is 2.44. The molecule has 0 aliphatic carbocycles. The molecular weight excluding hydrogens is 322 g/mol. The topological polar surface area (TPSA) is 114 Å². The smallest absolute Gasteiger partial charge is 0.355 e. The molecule has 23 heavy (non-hydrogen) atoms. The summed E-state index contributed by atoms with van der Waals surface area (Å²) in [6.07, 6.45) is 0. The molecule has 0 aliphatic heterocycles. The van der Waals surface area contributed by atoms with E-state index in [-0.39, 0.29) is 23.1 Å². The van der Waals surface area contributed by atoms with E-state index in [4.69, 9.17) is 9.26 Å². The molecule has 2 N–H and O–H groups in total. The largest absolute Gasteiger partial charge is 0.461 e. The quantitative estimate of drug-likeness (QED) is 0.806. The zero-order valence-electron chi connectivity index (χ0n) is 13.6. The predicted molar refractivity (Wildman–Crippen MR) is 83.0 cm³/mol. The van der Waals surface area contributed by atoms with Crippen molar-refractivity contribution in [3.8, 4) is 0 Å². The fourth-order valence-electron chi connectivity index (χ4n) is 2.23. The lowest BCUT2D eigenvalue weighted by atomic mass is 10.2. The molecule has 0 unspecified atom stereocenters. The number of aryl methyl sites for hydroxylation is 2. The maximum absolute atomic E-state index is 12.6. The van der Waals surface area contributed by atoms with Crippen LogP contribution in [0.5, 0.6) is 0 Å². The van der Waals surface area contributed by atoms with Crippen molar-refractivity contribution < 1.29 is 22.5 Å². The Bertz CT molecular complexity index is 848. The summed E-state index contributed by atoms with van der Waals surface area (Å²) < 4.78 is 37.5. The van der Waals surface area contributed by atoms with E-state index in [1.54, 1.807) is 34.6 Å². The highest BCUT2D eigenvalue weighted by Crippen LogP contribution is 2.27. The van der Waals surface area contributed by atoms with Crippen LogP contribution in [0.15, 0.2) is 9.42 Å². The SMILES string of the molecule is CCOC(=O)c1[nH]c(C)c(S(=O)(=O)Nc2onc(C)c2C)c1C. The fraction of sp³-hybridized carbons (Fsp3) is 0.429. The molecular formula is C14H19N3O5S. The van der Waals surface area contributed by atoms with E-state index in [0.717, 1.165) is 0 Å². The number of nitrogens with one attached hydrogen (secondary N) is 2. The van der Waals surface area contributed by atoms with Crippen LogP contribution >= 0.6 is 0 Å². The van der Waals surface area contributed by atoms with Crippen molar-refractivity contribution in [3.63, 3.8) is 0 Å². The molecule has 0 fully saturated rings. The minimum absolute atomic E-state index is 0.00555. The second-order valence-electron chi connectivity index (χ2n) is 5.13. The van der Waals surface area contributed by atoms with Gasteiger partial charge in [-0.3, -0.25) is 0 Å². The fourth-order valence-corrected chi connectivity index (χ4v) is 3.72. The Labute approximate surface area is 134 Å². The Morgan fingerprint density at radius 2 is 1.91 bits per heavy atom. The van der Waals surface area contributed by atoms with Gasteiger partial charge in [-0.15, -0.1) is 0 Å². The van der Waals surface area contributed by atoms with Crippen molar-refractivity contribution in [1.29, 1.82) is 0 Å². The summed E-state index contributed by atoms with van der Waals surface area (Å²) in [5.74, 6) is -0.540. The third-order valence-electron chi connectivity index (χ3n) is 3.50. The van der Waals surface area contributed by atoms with Crippen LogP contribution in [0.3, 0.4) is 0 Å². The number of sulfonamides is 1. The van der Waals surface area contributed by atoms with Gasteiger partial charge in [0.05, 0.1) is 12.3 Å². The number of anilines is 1. The predicted octanol–water partition coefficient (Wildman–Crippen LogP) is 2.21. The standard InChI is InChI=1S/C14H19N3O5S/c1-6-21-14(18)11-8(3)12(10(5)15-11)23(19,20)17-13-7(2)9(4)16-22-13/h15,17H,6H2,1-5H3. The first-order valence-corrected chi connectivity index (χ1v) is 8.49. The monoisotopic (exact) mass is 341 g/mol. The summed E-state index contributed by atoms with van der Waals surface area (Å²) in [5, 5.41) is 3.71. The highest BCUT2D eigenvalue weighted by atomic mass is 32.2. The molecule has 0 aromatic carbocycles. The molecule has 2 aromatic rings. The van der Waals surface area contributed by atoms with Crippen LogP contribution in [-0.2, 0) is 14.8 Å². The van der Waals surface area contributed by atoms with Gasteiger partial charge in [-0.1, -0.05) is 5.16 Å². The minimum atomic E-state index is -3.93. The van der Waals surface area contributed by atoms with E-state index in [2.05, 4.69) is 14.9 Å². The van der Waals surface area contributed by atoms with Crippen molar-refractivity contribution >= 4 is 21.9 Å². The average Bonchev–Trinajstić information content (AvgIpc) is 2.93. The number of carbonyl (C=O) groups excluding carboxylic acids is 1. The van der Waals surface area contributed by atoms with Gasteiger partial charge in [-0.2, -0.15) is 0 Å². The maximum Gasteiger partial charge on any atom is 0.355 e. The summed E-state index contributed by atoms with van der Waals surface area (Å²) in [5.41, 5.74) is 1.95. The van der Waals surface area contributed by atoms with Gasteiger partial charge in [-0.05, 0) is 34.6 Å². The number of aromatic nitrogens is 2. The van der Waals surface area contributed by atoms with Gasteiger partial charge >= 0.3 is 5.97 Å². The zero-order chi connectivity index (χ0) is 17.4. The number of aromatic amines is 1. The van der Waals surface area contributed by atoms with Crippen molar-refractivity contribution in [2.75, 3.05) is 11.3 Å². The van der Waals surface area contributed by atoms with Crippen LogP contribution < -0.4 is 4.72 Å². The lowest BCUT2D eigenvalue weighted by Crippen LogP contribution is -2.15. The number of hydrogen-bond donors (Lipinski definition) is 2. The molecule has 9 heteroatoms. The first-order valence-electron chi connectivity index (χ1n) is 7.01. The second-order valence-corrected chi connectivity index (χ2v) is 6.75. The Hall–Kier alpha value is -2.29. The molecule has 0 aliphatic rings. The van der Waals surface area contributed by atoms with E-state index >= 15 is 0 Å². The molecule has 2 rings (SSSR count). The van der Waals surface area contributed by atoms with E-state index in [1.807, 2.05) is 0 Å². The van der Waals surface area contributed by atoms with Gasteiger partial charge in [0.15, 0.2) is 0 Å². The highest BCUT2D eigenvalue weighted by Gasteiger charge is 2.28. The lowest BCUT2D eigenvalue weighted by Gasteiger charge is -2.07. The summed E-state index contributed by atoms with van der Waals surface area (Å²) in [6, 6.07) is 0. The molecule has 0 spiro atoms. The highest BCUT2D eigenvalue weighted by molar-refractivity contribution is 7.92. The molecule has 0 bridgehead atoms. The Kier molecular flexibility index (Phi) is 4.51. The van der Waals surface area contributed by atoms with Crippen molar-refractivity contribution in [3.05, 3.63) is 28.2 Å². The van der Waals surface area contributed by atoms with Gasteiger partial charge < -0.3 is 14.2 Å². The second kappa shape index (κ2) is 6.07. The van der Waals surface area contributed by atoms with E-state index in [1.165, 1.54) is 0 Å². The number of nitrogens with zero attached hydrogens (tertiary/aromatic N) is 1. The van der Waals surface area contributed by atoms with Gasteiger partial charge in [0, 0.05) is 16.8 Å². The third-order valence-corrected chi connectivity index (χ3v) is 5.11. The molecule has 0 saturated heterocycles. The lowest BCUT2D eigenvalue weighted by molar-refractivity contribution is 0.0519. The molecule has 0 atom stereocenters. The molecule has 0 amide bonds. The first-order chi connectivity index (χ1) is 10.7. The molecule has 2 heterocycles. The Morgan fingerprint density at radius 1 is 1.26 bits per heavy atom. The summed E-state index contributed by atoms with van der Waals surface area (Å²) in [4.78, 5) is 14.6.